The molecule has 41 heavy (non-hydrogen) atoms. The number of H-pyrrole nitrogens is 1. The van der Waals surface area contributed by atoms with Crippen molar-refractivity contribution in [1.82, 2.24) is 15.8 Å². The summed E-state index contributed by atoms with van der Waals surface area (Å²) in [7, 11) is -5.52. The molecule has 0 saturated carbocycles. The molecule has 13 nitrogen and oxygen atoms in total. The molecule has 2 rings (SSSR count). The number of carbonyl (C=O) groups excluding carboxylic acids is 1. The molecule has 1 aromatic carbocycles. The number of aliphatic carboxylic acids is 1. The summed E-state index contributed by atoms with van der Waals surface area (Å²) in [5, 5.41) is 16.3. The number of nitrogens with one attached hydrogen (secondary N) is 5. The van der Waals surface area contributed by atoms with Gasteiger partial charge in [-0.05, 0) is 18.6 Å². The number of halogens is 8. The third-order valence-corrected chi connectivity index (χ3v) is 5.59. The Morgan fingerprint density at radius 3 is 2.02 bits per heavy atom. The van der Waals surface area contributed by atoms with Crippen LogP contribution in [0.5, 0.6) is 0 Å². The van der Waals surface area contributed by atoms with E-state index in [9.17, 15) is 53.1 Å². The van der Waals surface area contributed by atoms with E-state index < -0.39 is 85.7 Å². The van der Waals surface area contributed by atoms with Gasteiger partial charge in [-0.25, -0.2) is 40.6 Å². The number of anilines is 1. The minimum Gasteiger partial charge on any atom is -0.475 e. The summed E-state index contributed by atoms with van der Waals surface area (Å²) in [4.78, 5) is 38.0. The van der Waals surface area contributed by atoms with E-state index in [1.807, 2.05) is 5.48 Å². The molecule has 0 fully saturated rings. The zero-order valence-corrected chi connectivity index (χ0v) is 20.9. The second-order valence-corrected chi connectivity index (χ2v) is 9.00. The molecule has 228 valence electrons. The first kappa shape index (κ1) is 34.6. The standard InChI is InChI=1S/C17H17F5N6O5S.C2HF3O2/c1-6-4-7(5-8(29)25-2-3-33-27-17(23)24)14(16(30)26-6)28-34(31,32)15-12(21)10(19)9(18)11(20)13(15)22;3-2(4,5)1(6)7/h4,28H,2-3,5H2,1H3,(H,25,29)(H,26,30)(H4,23,24,27);(H,6,7). The number of aromatic amines is 1. The first-order chi connectivity index (χ1) is 18.7. The summed E-state index contributed by atoms with van der Waals surface area (Å²) >= 11 is 0. The number of hydrogen-bond acceptors (Lipinski definition) is 7. The van der Waals surface area contributed by atoms with Crippen LogP contribution in [0.3, 0.4) is 0 Å². The number of nitrogens with two attached hydrogens (primary N) is 1. The molecule has 0 unspecified atom stereocenters. The van der Waals surface area contributed by atoms with E-state index in [0.29, 0.717) is 0 Å². The van der Waals surface area contributed by atoms with Crippen molar-refractivity contribution in [1.29, 1.82) is 5.41 Å². The Kier molecular flexibility index (Phi) is 11.6. The first-order valence-electron chi connectivity index (χ1n) is 10.3. The van der Waals surface area contributed by atoms with Crippen LogP contribution in [0.2, 0.25) is 0 Å². The zero-order chi connectivity index (χ0) is 31.9. The molecule has 0 aliphatic rings. The molecular weight excluding hydrogens is 608 g/mol. The highest BCUT2D eigenvalue weighted by atomic mass is 32.2. The molecule has 0 spiro atoms. The molecule has 0 atom stereocenters. The van der Waals surface area contributed by atoms with E-state index in [0.717, 1.165) is 6.07 Å². The number of carbonyl (C=O) groups is 2. The lowest BCUT2D eigenvalue weighted by Crippen LogP contribution is -2.35. The Balaban J connectivity index is 0.00000106. The van der Waals surface area contributed by atoms with Gasteiger partial charge >= 0.3 is 12.1 Å². The van der Waals surface area contributed by atoms with Crippen molar-refractivity contribution in [2.75, 3.05) is 17.9 Å². The smallest absolute Gasteiger partial charge is 0.475 e. The number of amides is 1. The molecule has 1 aromatic heterocycles. The number of hydroxylamine groups is 1. The summed E-state index contributed by atoms with van der Waals surface area (Å²) < 4.78 is 126. The number of hydrogen-bond donors (Lipinski definition) is 7. The van der Waals surface area contributed by atoms with E-state index >= 15 is 0 Å². The molecule has 8 N–H and O–H groups in total. The summed E-state index contributed by atoms with van der Waals surface area (Å²) in [6, 6.07) is 1.16. The van der Waals surface area contributed by atoms with E-state index in [4.69, 9.17) is 25.9 Å². The number of carboxylic acids is 1. The lowest BCUT2D eigenvalue weighted by atomic mass is 10.1. The minimum atomic E-state index is -5.52. The SMILES string of the molecule is Cc1cc(CC(=O)NCCONC(=N)N)c(NS(=O)(=O)c2c(F)c(F)c(F)c(F)c2F)c(=O)[nH]1.O=C(O)C(F)(F)F. The van der Waals surface area contributed by atoms with Gasteiger partial charge in [0, 0.05) is 12.2 Å². The summed E-state index contributed by atoms with van der Waals surface area (Å²) in [6.07, 6.45) is -5.71. The van der Waals surface area contributed by atoms with Crippen molar-refractivity contribution in [3.05, 3.63) is 56.8 Å². The molecule has 0 saturated heterocycles. The maximum atomic E-state index is 14.0. The Morgan fingerprint density at radius 1 is 1.07 bits per heavy atom. The van der Waals surface area contributed by atoms with Crippen LogP contribution in [0.25, 0.3) is 0 Å². The molecule has 0 bridgehead atoms. The average molecular weight is 626 g/mol. The highest BCUT2D eigenvalue weighted by Gasteiger charge is 2.38. The lowest BCUT2D eigenvalue weighted by molar-refractivity contribution is -0.192. The van der Waals surface area contributed by atoms with Crippen molar-refractivity contribution < 1.29 is 63.1 Å². The van der Waals surface area contributed by atoms with Gasteiger partial charge in [0.25, 0.3) is 15.6 Å². The van der Waals surface area contributed by atoms with Crippen LogP contribution in [0.1, 0.15) is 11.3 Å². The number of aromatic nitrogens is 1. The highest BCUT2D eigenvalue weighted by molar-refractivity contribution is 7.92. The second kappa shape index (κ2) is 13.7. The quantitative estimate of drug-likeness (QED) is 0.0399. The minimum absolute atomic E-state index is 0.104. The maximum absolute atomic E-state index is 14.0. The molecule has 1 heterocycles. The fourth-order valence-corrected chi connectivity index (χ4v) is 3.87. The Morgan fingerprint density at radius 2 is 1.56 bits per heavy atom. The van der Waals surface area contributed by atoms with Crippen molar-refractivity contribution in [2.24, 2.45) is 5.73 Å². The van der Waals surface area contributed by atoms with Gasteiger partial charge in [0.2, 0.25) is 17.7 Å². The highest BCUT2D eigenvalue weighted by Crippen LogP contribution is 2.28. The summed E-state index contributed by atoms with van der Waals surface area (Å²) in [6.45, 7) is 1.14. The van der Waals surface area contributed by atoms with E-state index in [1.165, 1.54) is 11.6 Å². The number of aryl methyl sites for hydroxylation is 1. The van der Waals surface area contributed by atoms with Crippen LogP contribution < -0.4 is 26.8 Å². The van der Waals surface area contributed by atoms with E-state index in [-0.39, 0.29) is 24.4 Å². The van der Waals surface area contributed by atoms with Crippen LogP contribution in [-0.2, 0) is 30.9 Å². The molecule has 0 aliphatic heterocycles. The topological polar surface area (TPSA) is 217 Å². The maximum Gasteiger partial charge on any atom is 0.490 e. The van der Waals surface area contributed by atoms with Crippen molar-refractivity contribution in [2.45, 2.75) is 24.4 Å². The number of guanidine groups is 1. The van der Waals surface area contributed by atoms with Crippen LogP contribution in [-0.4, -0.2) is 55.7 Å². The van der Waals surface area contributed by atoms with Crippen molar-refractivity contribution in [3.8, 4) is 0 Å². The fourth-order valence-electron chi connectivity index (χ4n) is 2.62. The summed E-state index contributed by atoms with van der Waals surface area (Å²) in [5.41, 5.74) is 4.86. The fraction of sp³-hybridized carbons (Fsp3) is 0.263. The third-order valence-electron chi connectivity index (χ3n) is 4.23. The first-order valence-corrected chi connectivity index (χ1v) is 11.7. The molecule has 2 aromatic rings. The number of carboxylic acid groups (broad SMARTS) is 1. The Hall–Kier alpha value is -4.47. The van der Waals surface area contributed by atoms with Crippen LogP contribution in [0.4, 0.5) is 40.8 Å². The number of benzene rings is 1. The largest absolute Gasteiger partial charge is 0.490 e. The van der Waals surface area contributed by atoms with Crippen molar-refractivity contribution in [3.63, 3.8) is 0 Å². The number of rotatable bonds is 9. The molecular formula is C19H18F8N6O7S. The number of alkyl halides is 3. The predicted molar refractivity (Wildman–Crippen MR) is 120 cm³/mol. The van der Waals surface area contributed by atoms with Gasteiger partial charge < -0.3 is 21.1 Å². The Labute approximate surface area is 223 Å². The Bertz CT molecular complexity index is 1470. The number of sulfonamides is 1. The van der Waals surface area contributed by atoms with Gasteiger partial charge in [0.05, 0.1) is 13.0 Å². The van der Waals surface area contributed by atoms with E-state index in [2.05, 4.69) is 10.3 Å². The van der Waals surface area contributed by atoms with E-state index in [1.54, 1.807) is 0 Å². The molecule has 0 radical (unpaired) electrons. The van der Waals surface area contributed by atoms with Gasteiger partial charge in [-0.3, -0.25) is 24.6 Å². The third kappa shape index (κ3) is 9.59. The van der Waals surface area contributed by atoms with Gasteiger partial charge in [0.15, 0.2) is 28.2 Å². The summed E-state index contributed by atoms with van der Waals surface area (Å²) in [5.74, 6) is -16.8. The predicted octanol–water partition coefficient (Wildman–Crippen LogP) is 0.886. The van der Waals surface area contributed by atoms with Gasteiger partial charge in [0.1, 0.15) is 5.69 Å². The van der Waals surface area contributed by atoms with Crippen LogP contribution in [0, 0.1) is 41.4 Å². The van der Waals surface area contributed by atoms with Crippen LogP contribution in [0.15, 0.2) is 15.8 Å². The van der Waals surface area contributed by atoms with Crippen LogP contribution >= 0.6 is 0 Å². The zero-order valence-electron chi connectivity index (χ0n) is 20.1. The van der Waals surface area contributed by atoms with Gasteiger partial charge in [-0.15, -0.1) is 0 Å². The molecule has 0 aliphatic carbocycles. The average Bonchev–Trinajstić information content (AvgIpc) is 2.83. The van der Waals surface area contributed by atoms with Gasteiger partial charge in [-0.2, -0.15) is 13.2 Å². The normalized spacial score (nSPS) is 11.2. The van der Waals surface area contributed by atoms with Crippen molar-refractivity contribution >= 4 is 33.5 Å². The molecule has 1 amide bonds. The second-order valence-electron chi connectivity index (χ2n) is 7.38. The number of pyridine rings is 1. The molecule has 22 heteroatoms. The van der Waals surface area contributed by atoms with Gasteiger partial charge in [-0.1, -0.05) is 0 Å². The monoisotopic (exact) mass is 626 g/mol. The lowest BCUT2D eigenvalue weighted by Gasteiger charge is -2.14.